The maximum absolute atomic E-state index is 12.1. The Labute approximate surface area is 152 Å². The van der Waals surface area contributed by atoms with Crippen LogP contribution in [-0.2, 0) is 17.9 Å². The Morgan fingerprint density at radius 1 is 1.19 bits per heavy atom. The molecule has 0 aliphatic carbocycles. The molecule has 2 aromatic carbocycles. The molecule has 26 heavy (non-hydrogen) atoms. The quantitative estimate of drug-likeness (QED) is 0.557. The van der Waals surface area contributed by atoms with Crippen LogP contribution >= 0.6 is 0 Å². The van der Waals surface area contributed by atoms with Crippen molar-refractivity contribution in [2.45, 2.75) is 33.0 Å². The highest BCUT2D eigenvalue weighted by molar-refractivity contribution is 5.95. The zero-order valence-corrected chi connectivity index (χ0v) is 15.1. The Morgan fingerprint density at radius 3 is 2.50 bits per heavy atom. The molecule has 138 valence electrons. The number of hydrogen-bond acceptors (Lipinski definition) is 5. The maximum Gasteiger partial charge on any atom is 0.293 e. The molecular weight excluding hydrogens is 334 g/mol. The van der Waals surface area contributed by atoms with E-state index in [1.54, 1.807) is 19.2 Å². The average molecular weight is 357 g/mol. The van der Waals surface area contributed by atoms with Crippen molar-refractivity contribution in [3.63, 3.8) is 0 Å². The van der Waals surface area contributed by atoms with Gasteiger partial charge in [-0.25, -0.2) is 0 Å². The minimum atomic E-state index is -0.491. The van der Waals surface area contributed by atoms with Gasteiger partial charge in [0.1, 0.15) is 5.69 Å². The second kappa shape index (κ2) is 8.96. The number of anilines is 1. The van der Waals surface area contributed by atoms with Crippen LogP contribution in [0.3, 0.4) is 0 Å². The van der Waals surface area contributed by atoms with E-state index in [1.165, 1.54) is 6.07 Å². The van der Waals surface area contributed by atoms with Gasteiger partial charge in [0.15, 0.2) is 0 Å². The van der Waals surface area contributed by atoms with Crippen molar-refractivity contribution in [3.05, 3.63) is 69.3 Å². The Morgan fingerprint density at radius 2 is 1.88 bits per heavy atom. The van der Waals surface area contributed by atoms with Gasteiger partial charge in [-0.3, -0.25) is 14.9 Å². The van der Waals surface area contributed by atoms with Gasteiger partial charge in [-0.15, -0.1) is 0 Å². The number of rotatable bonds is 8. The van der Waals surface area contributed by atoms with Crippen molar-refractivity contribution < 1.29 is 14.5 Å². The van der Waals surface area contributed by atoms with Crippen LogP contribution in [0.5, 0.6) is 0 Å². The smallest absolute Gasteiger partial charge is 0.293 e. The summed E-state index contributed by atoms with van der Waals surface area (Å²) in [5, 5.41) is 17.2. The van der Waals surface area contributed by atoms with Crippen molar-refractivity contribution in [1.82, 2.24) is 5.32 Å². The summed E-state index contributed by atoms with van der Waals surface area (Å²) in [6, 6.07) is 12.1. The summed E-state index contributed by atoms with van der Waals surface area (Å²) >= 11 is 0. The molecule has 0 bridgehead atoms. The van der Waals surface area contributed by atoms with Gasteiger partial charge in [-0.05, 0) is 37.1 Å². The van der Waals surface area contributed by atoms with Crippen LogP contribution in [0.25, 0.3) is 0 Å². The summed E-state index contributed by atoms with van der Waals surface area (Å²) in [5.41, 5.74) is 2.49. The van der Waals surface area contributed by atoms with Gasteiger partial charge in [-0.1, -0.05) is 24.3 Å². The molecule has 0 aromatic heterocycles. The number of ether oxygens (including phenoxy) is 1. The molecule has 0 unspecified atom stereocenters. The molecule has 0 heterocycles. The molecule has 0 aliphatic heterocycles. The van der Waals surface area contributed by atoms with E-state index in [-0.39, 0.29) is 23.2 Å². The zero-order chi connectivity index (χ0) is 19.1. The number of nitro groups is 1. The van der Waals surface area contributed by atoms with E-state index in [4.69, 9.17) is 4.74 Å². The number of hydrogen-bond donors (Lipinski definition) is 2. The predicted molar refractivity (Wildman–Crippen MR) is 100 cm³/mol. The predicted octanol–water partition coefficient (Wildman–Crippen LogP) is 3.49. The molecule has 2 aromatic rings. The Balaban J connectivity index is 2.22. The van der Waals surface area contributed by atoms with Crippen LogP contribution in [0.4, 0.5) is 11.4 Å². The van der Waals surface area contributed by atoms with E-state index in [0.717, 1.165) is 11.1 Å². The second-order valence-electron chi connectivity index (χ2n) is 6.17. The number of carbonyl (C=O) groups is 1. The number of nitro benzene ring substituents is 1. The van der Waals surface area contributed by atoms with Crippen LogP contribution in [-0.4, -0.2) is 24.0 Å². The molecule has 2 N–H and O–H groups in total. The fourth-order valence-corrected chi connectivity index (χ4v) is 2.54. The van der Waals surface area contributed by atoms with Crippen LogP contribution in [0.2, 0.25) is 0 Å². The Hall–Kier alpha value is -2.93. The van der Waals surface area contributed by atoms with E-state index >= 15 is 0 Å². The molecule has 1 amide bonds. The Kier molecular flexibility index (Phi) is 6.68. The van der Waals surface area contributed by atoms with Gasteiger partial charge in [-0.2, -0.15) is 0 Å². The molecule has 0 atom stereocenters. The topological polar surface area (TPSA) is 93.5 Å². The lowest BCUT2D eigenvalue weighted by molar-refractivity contribution is -0.384. The Bertz CT molecular complexity index is 790. The lowest BCUT2D eigenvalue weighted by atomic mass is 10.1. The van der Waals surface area contributed by atoms with Gasteiger partial charge in [0.05, 0.1) is 11.5 Å². The lowest BCUT2D eigenvalue weighted by Gasteiger charge is -2.12. The van der Waals surface area contributed by atoms with Gasteiger partial charge >= 0.3 is 0 Å². The van der Waals surface area contributed by atoms with Gasteiger partial charge in [0.2, 0.25) is 0 Å². The standard InChI is InChI=1S/C19H23N3O4/c1-13(2)21-19(23)14-8-9-17(18(10-14)22(24)25)20-11-15-6-4-5-7-16(15)12-26-3/h4-10,13,20H,11-12H2,1-3H3,(H,21,23). The first kappa shape index (κ1) is 19.4. The fraction of sp³-hybridized carbons (Fsp3) is 0.316. The number of nitrogens with zero attached hydrogens (tertiary/aromatic N) is 1. The third-order valence-corrected chi connectivity index (χ3v) is 3.76. The normalized spacial score (nSPS) is 10.6. The van der Waals surface area contributed by atoms with Crippen molar-refractivity contribution in [2.24, 2.45) is 0 Å². The fourth-order valence-electron chi connectivity index (χ4n) is 2.54. The molecule has 0 saturated heterocycles. The number of methoxy groups -OCH3 is 1. The first-order valence-electron chi connectivity index (χ1n) is 8.31. The summed E-state index contributed by atoms with van der Waals surface area (Å²) in [4.78, 5) is 23.0. The molecule has 0 fully saturated rings. The molecule has 0 saturated carbocycles. The molecule has 0 spiro atoms. The van der Waals surface area contributed by atoms with E-state index in [1.807, 2.05) is 38.1 Å². The summed E-state index contributed by atoms with van der Waals surface area (Å²) < 4.78 is 5.18. The SMILES string of the molecule is COCc1ccccc1CNc1ccc(C(=O)NC(C)C)cc1[N+](=O)[O-]. The zero-order valence-electron chi connectivity index (χ0n) is 15.1. The van der Waals surface area contributed by atoms with Crippen LogP contribution in [0.1, 0.15) is 35.3 Å². The highest BCUT2D eigenvalue weighted by atomic mass is 16.6. The van der Waals surface area contributed by atoms with E-state index in [2.05, 4.69) is 10.6 Å². The number of benzene rings is 2. The van der Waals surface area contributed by atoms with Gasteiger partial charge < -0.3 is 15.4 Å². The summed E-state index contributed by atoms with van der Waals surface area (Å²) in [6.45, 7) is 4.55. The van der Waals surface area contributed by atoms with Gasteiger partial charge in [0, 0.05) is 31.3 Å². The average Bonchev–Trinajstić information content (AvgIpc) is 2.60. The van der Waals surface area contributed by atoms with E-state index < -0.39 is 4.92 Å². The third kappa shape index (κ3) is 5.03. The first-order chi connectivity index (χ1) is 12.4. The molecule has 0 aliphatic rings. The molecule has 7 nitrogen and oxygen atoms in total. The molecule has 0 radical (unpaired) electrons. The first-order valence-corrected chi connectivity index (χ1v) is 8.31. The maximum atomic E-state index is 12.1. The third-order valence-electron chi connectivity index (χ3n) is 3.76. The molecule has 7 heteroatoms. The summed E-state index contributed by atoms with van der Waals surface area (Å²) in [5.74, 6) is -0.333. The van der Waals surface area contributed by atoms with Crippen LogP contribution in [0.15, 0.2) is 42.5 Å². The van der Waals surface area contributed by atoms with Gasteiger partial charge in [0.25, 0.3) is 11.6 Å². The number of amides is 1. The number of nitrogens with one attached hydrogen (secondary N) is 2. The number of carbonyl (C=O) groups excluding carboxylic acids is 1. The minimum absolute atomic E-state index is 0.0448. The molecule has 2 rings (SSSR count). The van der Waals surface area contributed by atoms with E-state index in [9.17, 15) is 14.9 Å². The van der Waals surface area contributed by atoms with Crippen molar-refractivity contribution in [1.29, 1.82) is 0 Å². The van der Waals surface area contributed by atoms with Crippen molar-refractivity contribution in [3.8, 4) is 0 Å². The van der Waals surface area contributed by atoms with Crippen molar-refractivity contribution >= 4 is 17.3 Å². The largest absolute Gasteiger partial charge is 0.380 e. The highest BCUT2D eigenvalue weighted by Crippen LogP contribution is 2.26. The van der Waals surface area contributed by atoms with Crippen molar-refractivity contribution in [2.75, 3.05) is 12.4 Å². The summed E-state index contributed by atoms with van der Waals surface area (Å²) in [6.07, 6.45) is 0. The van der Waals surface area contributed by atoms with Crippen LogP contribution < -0.4 is 10.6 Å². The highest BCUT2D eigenvalue weighted by Gasteiger charge is 2.18. The summed E-state index contributed by atoms with van der Waals surface area (Å²) in [7, 11) is 1.62. The second-order valence-corrected chi connectivity index (χ2v) is 6.17. The minimum Gasteiger partial charge on any atom is -0.380 e. The monoisotopic (exact) mass is 357 g/mol. The van der Waals surface area contributed by atoms with E-state index in [0.29, 0.717) is 18.8 Å². The van der Waals surface area contributed by atoms with Crippen LogP contribution in [0, 0.1) is 10.1 Å². The molecular formula is C19H23N3O4. The lowest BCUT2D eigenvalue weighted by Crippen LogP contribution is -2.30.